The first-order valence-corrected chi connectivity index (χ1v) is 21.6. The smallest absolute Gasteiger partial charge is 0.413 e. The van der Waals surface area contributed by atoms with Crippen molar-refractivity contribution in [2.45, 2.75) is 77.9 Å². The summed E-state index contributed by atoms with van der Waals surface area (Å²) in [7, 11) is 0.143. The fraction of sp³-hybridized carbons (Fsp3) is 0.395. The van der Waals surface area contributed by atoms with E-state index in [0.717, 1.165) is 29.7 Å². The number of carbonyl (C=O) groups is 2. The van der Waals surface area contributed by atoms with Gasteiger partial charge in [0.25, 0.3) is 8.32 Å². The summed E-state index contributed by atoms with van der Waals surface area (Å²) in [5, 5.41) is 22.9. The van der Waals surface area contributed by atoms with E-state index >= 15 is 0 Å². The highest BCUT2D eigenvalue weighted by Crippen LogP contribution is 2.37. The van der Waals surface area contributed by atoms with E-state index in [4.69, 9.17) is 34.0 Å². The van der Waals surface area contributed by atoms with Crippen molar-refractivity contribution in [1.29, 1.82) is 0 Å². The molecule has 2 amide bonds. The molecular weight excluding hydrogens is 753 g/mol. The maximum Gasteiger partial charge on any atom is 0.413 e. The molecule has 2 aromatic carbocycles. The average molecular weight is 807 g/mol. The molecule has 1 unspecified atom stereocenters. The molecule has 0 saturated heterocycles. The molecule has 0 radical (unpaired) electrons. The summed E-state index contributed by atoms with van der Waals surface area (Å²) in [4.78, 5) is 39.5. The van der Waals surface area contributed by atoms with Crippen LogP contribution in [0.25, 0.3) is 16.6 Å². The number of nitrogens with one attached hydrogen (secondary N) is 2. The van der Waals surface area contributed by atoms with E-state index in [2.05, 4.69) is 86.9 Å². The summed E-state index contributed by atoms with van der Waals surface area (Å²) in [5.41, 5.74) is 4.37. The van der Waals surface area contributed by atoms with Crippen molar-refractivity contribution in [3.8, 4) is 5.75 Å². The summed E-state index contributed by atoms with van der Waals surface area (Å²) in [6, 6.07) is 23.1. The topological polar surface area (TPSA) is 166 Å². The number of aryl methyl sites for hydroxylation is 1. The highest BCUT2D eigenvalue weighted by atomic mass is 28.4. The molecule has 1 atom stereocenters. The van der Waals surface area contributed by atoms with Crippen molar-refractivity contribution in [1.82, 2.24) is 29.6 Å². The van der Waals surface area contributed by atoms with Crippen molar-refractivity contribution >= 4 is 59.3 Å². The van der Waals surface area contributed by atoms with Gasteiger partial charge in [0, 0.05) is 43.6 Å². The Bertz CT molecular complexity index is 2200. The number of carboxylic acid groups (broad SMARTS) is 1. The second-order valence-corrected chi connectivity index (χ2v) is 19.8. The first kappa shape index (κ1) is 41.8. The van der Waals surface area contributed by atoms with Gasteiger partial charge in [0.2, 0.25) is 5.95 Å². The number of methoxy groups -OCH3 is 2. The predicted molar refractivity (Wildman–Crippen MR) is 229 cm³/mol. The predicted octanol–water partition coefficient (Wildman–Crippen LogP) is 7.08. The number of amides is 2. The lowest BCUT2D eigenvalue weighted by atomic mass is 10.0. The monoisotopic (exact) mass is 806 g/mol. The van der Waals surface area contributed by atoms with E-state index in [1.165, 1.54) is 22.4 Å². The number of hydrogen-bond acceptors (Lipinski definition) is 10. The number of carbonyl (C=O) groups excluding carboxylic acids is 1. The maximum absolute atomic E-state index is 12.4. The van der Waals surface area contributed by atoms with Crippen LogP contribution in [0.2, 0.25) is 5.04 Å². The molecule has 1 aliphatic rings. The number of rotatable bonds is 15. The third kappa shape index (κ3) is 9.00. The molecular formula is C43H54N8O6Si. The first-order chi connectivity index (χ1) is 27.9. The molecule has 0 saturated carbocycles. The Labute approximate surface area is 340 Å². The van der Waals surface area contributed by atoms with Crippen LogP contribution in [0, 0.1) is 6.92 Å². The van der Waals surface area contributed by atoms with Crippen LogP contribution in [-0.2, 0) is 15.7 Å². The van der Waals surface area contributed by atoms with E-state index < -0.39 is 20.5 Å². The summed E-state index contributed by atoms with van der Waals surface area (Å²) < 4.78 is 19.9. The number of aromatic nitrogens is 5. The quantitative estimate of drug-likeness (QED) is 0.0926. The molecule has 0 spiro atoms. The number of nitrogens with zero attached hydrogens (tertiary/aromatic N) is 6. The highest BCUT2D eigenvalue weighted by Gasteiger charge is 2.50. The second-order valence-electron chi connectivity index (χ2n) is 15.5. The van der Waals surface area contributed by atoms with E-state index in [-0.39, 0.29) is 17.0 Å². The van der Waals surface area contributed by atoms with Gasteiger partial charge < -0.3 is 29.2 Å². The zero-order valence-electron chi connectivity index (χ0n) is 34.4. The third-order valence-corrected chi connectivity index (χ3v) is 15.7. The largest absolute Gasteiger partial charge is 0.496 e. The van der Waals surface area contributed by atoms with Gasteiger partial charge in [-0.2, -0.15) is 10.1 Å². The Kier molecular flexibility index (Phi) is 13.1. The molecule has 14 nitrogen and oxygen atoms in total. The van der Waals surface area contributed by atoms with Gasteiger partial charge in [-0.25, -0.2) is 14.6 Å². The van der Waals surface area contributed by atoms with Crippen LogP contribution in [-0.4, -0.2) is 95.2 Å². The van der Waals surface area contributed by atoms with Crippen molar-refractivity contribution < 1.29 is 28.6 Å². The zero-order chi connectivity index (χ0) is 41.5. The Morgan fingerprint density at radius 2 is 1.69 bits per heavy atom. The molecule has 0 fully saturated rings. The van der Waals surface area contributed by atoms with Gasteiger partial charge in [-0.05, 0) is 47.2 Å². The van der Waals surface area contributed by atoms with Crippen LogP contribution in [0.15, 0.2) is 79.0 Å². The Morgan fingerprint density at radius 3 is 2.26 bits per heavy atom. The van der Waals surface area contributed by atoms with Crippen molar-refractivity contribution in [2.75, 3.05) is 44.5 Å². The molecule has 58 heavy (non-hydrogen) atoms. The van der Waals surface area contributed by atoms with E-state index in [0.29, 0.717) is 67.4 Å². The van der Waals surface area contributed by atoms with Crippen molar-refractivity contribution in [3.05, 3.63) is 96.0 Å². The fourth-order valence-corrected chi connectivity index (χ4v) is 12.4. The lowest BCUT2D eigenvalue weighted by Gasteiger charge is -2.43. The molecule has 306 valence electrons. The molecule has 0 aliphatic carbocycles. The third-order valence-electron chi connectivity index (χ3n) is 10.6. The van der Waals surface area contributed by atoms with Crippen molar-refractivity contribution in [3.63, 3.8) is 0 Å². The van der Waals surface area contributed by atoms with Gasteiger partial charge in [-0.15, -0.1) is 0 Å². The summed E-state index contributed by atoms with van der Waals surface area (Å²) in [6.07, 6.45) is 5.04. The molecule has 15 heteroatoms. The molecule has 6 rings (SSSR count). The van der Waals surface area contributed by atoms with Crippen LogP contribution in [0.4, 0.5) is 21.4 Å². The SMILES string of the molecule is CCCC(CCO[Si](c1ccccc1)(c1ccccc1)C(C)(C)C)Nc1nc(NC(=O)OC)nc2c(C)nn(Cc3cnc(C4=CCN(C(=O)O)CC4)cc3OC)c12. The average Bonchev–Trinajstić information content (AvgIpc) is 3.53. The number of fused-ring (bicyclic) bond motifs is 1. The fourth-order valence-electron chi connectivity index (χ4n) is 7.78. The zero-order valence-corrected chi connectivity index (χ0v) is 35.4. The van der Waals surface area contributed by atoms with Crippen LogP contribution in [0.5, 0.6) is 5.75 Å². The number of benzene rings is 2. The maximum atomic E-state index is 12.4. The highest BCUT2D eigenvalue weighted by molar-refractivity contribution is 6.99. The normalized spacial score (nSPS) is 13.8. The van der Waals surface area contributed by atoms with Crippen molar-refractivity contribution in [2.24, 2.45) is 0 Å². The van der Waals surface area contributed by atoms with Gasteiger partial charge in [0.15, 0.2) is 5.82 Å². The van der Waals surface area contributed by atoms with Crippen LogP contribution >= 0.6 is 0 Å². The van der Waals surface area contributed by atoms with Gasteiger partial charge >= 0.3 is 12.2 Å². The molecule has 5 aromatic rings. The molecule has 3 N–H and O–H groups in total. The summed E-state index contributed by atoms with van der Waals surface area (Å²) in [5.74, 6) is 1.23. The molecule has 3 aromatic heterocycles. The van der Waals surface area contributed by atoms with E-state index in [9.17, 15) is 14.7 Å². The van der Waals surface area contributed by atoms with Gasteiger partial charge in [0.1, 0.15) is 16.8 Å². The number of anilines is 2. The van der Waals surface area contributed by atoms with E-state index in [1.807, 2.05) is 35.9 Å². The second kappa shape index (κ2) is 18.2. The van der Waals surface area contributed by atoms with Crippen LogP contribution in [0.3, 0.4) is 0 Å². The number of pyridine rings is 1. The first-order valence-electron chi connectivity index (χ1n) is 19.7. The van der Waals surface area contributed by atoms with Gasteiger partial charge in [-0.3, -0.25) is 15.0 Å². The lowest BCUT2D eigenvalue weighted by molar-refractivity contribution is 0.150. The Hall–Kier alpha value is -5.80. The molecule has 4 heterocycles. The molecule has 0 bridgehead atoms. The summed E-state index contributed by atoms with van der Waals surface area (Å²) in [6.45, 7) is 12.4. The van der Waals surface area contributed by atoms with E-state index in [1.54, 1.807) is 13.3 Å². The minimum Gasteiger partial charge on any atom is -0.496 e. The standard InChI is InChI=1S/C43H54N8O6Si/c1-8-15-32(22-25-57-58(43(3,4)5,33-16-11-9-12-17-33)34-18-13-10-14-19-34)45-39-38-37(46-40(47-39)48-41(52)56-7)29(2)49-51(38)28-31-27-44-35(26-36(31)55-6)30-20-23-50(24-21-30)42(53)54/h9-14,16-20,26-27,32H,8,15,21-25,28H2,1-7H3,(H,53,54)(H2,45,46,47,48,52). The van der Waals surface area contributed by atoms with Crippen LogP contribution in [0.1, 0.15) is 70.3 Å². The number of hydrogen-bond donors (Lipinski definition) is 3. The minimum atomic E-state index is -2.76. The van der Waals surface area contributed by atoms with Gasteiger partial charge in [-0.1, -0.05) is 101 Å². The number of ether oxygens (including phenoxy) is 2. The molecule has 1 aliphatic heterocycles. The van der Waals surface area contributed by atoms with Gasteiger partial charge in [0.05, 0.1) is 32.2 Å². The lowest BCUT2D eigenvalue weighted by Crippen LogP contribution is -2.66. The Morgan fingerprint density at radius 1 is 1.00 bits per heavy atom. The Balaban J connectivity index is 1.33. The summed E-state index contributed by atoms with van der Waals surface area (Å²) >= 11 is 0. The van der Waals surface area contributed by atoms with Crippen LogP contribution < -0.4 is 25.7 Å². The minimum absolute atomic E-state index is 0.0488.